The van der Waals surface area contributed by atoms with Crippen LogP contribution in [0.3, 0.4) is 0 Å². The number of aromatic nitrogens is 4. The van der Waals surface area contributed by atoms with Crippen LogP contribution in [-0.2, 0) is 16.8 Å². The molecule has 0 spiro atoms. The molecule has 8 nitrogen and oxygen atoms in total. The van der Waals surface area contributed by atoms with E-state index in [1.54, 1.807) is 18.7 Å². The third kappa shape index (κ3) is 4.88. The first-order valence-electron chi connectivity index (χ1n) is 8.72. The maximum absolute atomic E-state index is 12.3. The van der Waals surface area contributed by atoms with E-state index in [9.17, 15) is 4.79 Å². The van der Waals surface area contributed by atoms with E-state index in [0.717, 1.165) is 38.2 Å². The summed E-state index contributed by atoms with van der Waals surface area (Å²) in [6, 6.07) is 1.79. The van der Waals surface area contributed by atoms with Gasteiger partial charge in [-0.1, -0.05) is 25.9 Å². The number of amides is 1. The summed E-state index contributed by atoms with van der Waals surface area (Å²) >= 11 is 0. The molecule has 1 aliphatic heterocycles. The van der Waals surface area contributed by atoms with Gasteiger partial charge in [0.15, 0.2) is 0 Å². The number of carbonyl (C=O) groups is 1. The summed E-state index contributed by atoms with van der Waals surface area (Å²) in [5, 5.41) is 11.0. The fourth-order valence-electron chi connectivity index (χ4n) is 3.10. The van der Waals surface area contributed by atoms with Gasteiger partial charge in [-0.05, 0) is 25.3 Å². The van der Waals surface area contributed by atoms with Crippen LogP contribution in [0.1, 0.15) is 39.3 Å². The first-order chi connectivity index (χ1) is 11.9. The van der Waals surface area contributed by atoms with Gasteiger partial charge in [-0.3, -0.25) is 19.7 Å². The second-order valence-electron chi connectivity index (χ2n) is 7.74. The SMILES string of the molecule is CC(C)(C)c1cc(NC(=O)CN2CCC[C@@H](Cn3cncn3)C2)on1. The van der Waals surface area contributed by atoms with E-state index in [2.05, 4.69) is 46.2 Å². The van der Waals surface area contributed by atoms with Gasteiger partial charge in [0.1, 0.15) is 12.7 Å². The van der Waals surface area contributed by atoms with Crippen molar-refractivity contribution in [1.29, 1.82) is 0 Å². The molecule has 2 aromatic heterocycles. The lowest BCUT2D eigenvalue weighted by atomic mass is 9.92. The van der Waals surface area contributed by atoms with Crippen molar-refractivity contribution in [1.82, 2.24) is 24.8 Å². The topological polar surface area (TPSA) is 89.1 Å². The molecule has 2 aromatic rings. The van der Waals surface area contributed by atoms with Crippen molar-refractivity contribution in [2.45, 2.75) is 45.6 Å². The van der Waals surface area contributed by atoms with E-state index in [-0.39, 0.29) is 11.3 Å². The Morgan fingerprint density at radius 3 is 2.96 bits per heavy atom. The number of nitrogens with zero attached hydrogens (tertiary/aromatic N) is 5. The number of hydrogen-bond donors (Lipinski definition) is 1. The number of likely N-dealkylation sites (tertiary alicyclic amines) is 1. The monoisotopic (exact) mass is 346 g/mol. The van der Waals surface area contributed by atoms with E-state index in [1.165, 1.54) is 0 Å². The van der Waals surface area contributed by atoms with Gasteiger partial charge < -0.3 is 4.52 Å². The van der Waals surface area contributed by atoms with Crippen LogP contribution in [0, 0.1) is 5.92 Å². The minimum absolute atomic E-state index is 0.0713. The average molecular weight is 346 g/mol. The van der Waals surface area contributed by atoms with E-state index in [1.807, 2.05) is 4.68 Å². The van der Waals surface area contributed by atoms with Crippen LogP contribution in [0.15, 0.2) is 23.2 Å². The fourth-order valence-corrected chi connectivity index (χ4v) is 3.10. The molecular formula is C17H26N6O2. The minimum atomic E-state index is -0.103. The molecule has 1 amide bonds. The summed E-state index contributed by atoms with van der Waals surface area (Å²) in [4.78, 5) is 18.5. The lowest BCUT2D eigenvalue weighted by Crippen LogP contribution is -2.41. The Balaban J connectivity index is 1.49. The second-order valence-corrected chi connectivity index (χ2v) is 7.74. The molecule has 0 radical (unpaired) electrons. The molecule has 8 heteroatoms. The molecule has 25 heavy (non-hydrogen) atoms. The van der Waals surface area contributed by atoms with Crippen molar-refractivity contribution in [3.63, 3.8) is 0 Å². The number of carbonyl (C=O) groups excluding carboxylic acids is 1. The van der Waals surface area contributed by atoms with E-state index >= 15 is 0 Å². The standard InChI is InChI=1S/C17H26N6O2/c1-17(2,3)14-7-16(25-21-14)20-15(24)10-22-6-4-5-13(8-22)9-23-12-18-11-19-23/h7,11-13H,4-6,8-10H2,1-3H3,(H,20,24)/t13-/m1/s1. The van der Waals surface area contributed by atoms with Crippen molar-refractivity contribution in [3.05, 3.63) is 24.4 Å². The highest BCUT2D eigenvalue weighted by atomic mass is 16.5. The molecule has 3 rings (SSSR count). The van der Waals surface area contributed by atoms with E-state index in [0.29, 0.717) is 18.3 Å². The number of anilines is 1. The summed E-state index contributed by atoms with van der Waals surface area (Å²) < 4.78 is 7.08. The zero-order valence-electron chi connectivity index (χ0n) is 15.1. The van der Waals surface area contributed by atoms with Crippen LogP contribution >= 0.6 is 0 Å². The summed E-state index contributed by atoms with van der Waals surface area (Å²) in [5.41, 5.74) is 0.724. The average Bonchev–Trinajstić information content (AvgIpc) is 3.18. The van der Waals surface area contributed by atoms with Crippen molar-refractivity contribution in [3.8, 4) is 0 Å². The quantitative estimate of drug-likeness (QED) is 0.890. The number of nitrogens with one attached hydrogen (secondary N) is 1. The van der Waals surface area contributed by atoms with Gasteiger partial charge in [-0.2, -0.15) is 5.10 Å². The first-order valence-corrected chi connectivity index (χ1v) is 8.72. The highest BCUT2D eigenvalue weighted by Gasteiger charge is 2.23. The highest BCUT2D eigenvalue weighted by molar-refractivity contribution is 5.91. The van der Waals surface area contributed by atoms with Gasteiger partial charge in [0.25, 0.3) is 0 Å². The molecular weight excluding hydrogens is 320 g/mol. The molecule has 0 saturated carbocycles. The zero-order chi connectivity index (χ0) is 17.9. The predicted octanol–water partition coefficient (Wildman–Crippen LogP) is 1.91. The first kappa shape index (κ1) is 17.6. The second kappa shape index (κ2) is 7.35. The normalized spacial score (nSPS) is 19.1. The predicted molar refractivity (Wildman–Crippen MR) is 93.0 cm³/mol. The molecule has 136 valence electrons. The van der Waals surface area contributed by atoms with E-state index < -0.39 is 0 Å². The third-order valence-corrected chi connectivity index (χ3v) is 4.42. The van der Waals surface area contributed by atoms with Crippen LogP contribution in [-0.4, -0.2) is 50.4 Å². The Morgan fingerprint density at radius 1 is 1.44 bits per heavy atom. The molecule has 0 unspecified atom stereocenters. The Labute approximate surface area is 147 Å². The van der Waals surface area contributed by atoms with Gasteiger partial charge in [0, 0.05) is 24.6 Å². The molecule has 3 heterocycles. The maximum Gasteiger partial charge on any atom is 0.240 e. The summed E-state index contributed by atoms with van der Waals surface area (Å²) in [5.74, 6) is 0.824. The molecule has 1 fully saturated rings. The van der Waals surface area contributed by atoms with Crippen molar-refractivity contribution in [2.75, 3.05) is 25.0 Å². The largest absolute Gasteiger partial charge is 0.338 e. The van der Waals surface area contributed by atoms with Crippen LogP contribution in [0.5, 0.6) is 0 Å². The van der Waals surface area contributed by atoms with Crippen molar-refractivity contribution >= 4 is 11.8 Å². The van der Waals surface area contributed by atoms with Gasteiger partial charge >= 0.3 is 0 Å². The van der Waals surface area contributed by atoms with Gasteiger partial charge in [0.2, 0.25) is 11.8 Å². The molecule has 1 N–H and O–H groups in total. The molecule has 0 bridgehead atoms. The van der Waals surface area contributed by atoms with Gasteiger partial charge in [0.05, 0.1) is 12.2 Å². The van der Waals surface area contributed by atoms with E-state index in [4.69, 9.17) is 4.52 Å². The molecule has 1 atom stereocenters. The summed E-state index contributed by atoms with van der Waals surface area (Å²) in [6.07, 6.45) is 5.53. The number of hydrogen-bond acceptors (Lipinski definition) is 6. The van der Waals surface area contributed by atoms with Crippen LogP contribution < -0.4 is 5.32 Å². The van der Waals surface area contributed by atoms with Crippen molar-refractivity contribution < 1.29 is 9.32 Å². The Hall–Kier alpha value is -2.22. The Kier molecular flexibility index (Phi) is 5.17. The zero-order valence-corrected chi connectivity index (χ0v) is 15.1. The molecule has 1 aliphatic rings. The lowest BCUT2D eigenvalue weighted by Gasteiger charge is -2.31. The van der Waals surface area contributed by atoms with Gasteiger partial charge in [-0.15, -0.1) is 0 Å². The Bertz CT molecular complexity index is 688. The fraction of sp³-hybridized carbons (Fsp3) is 0.647. The molecule has 0 aromatic carbocycles. The third-order valence-electron chi connectivity index (χ3n) is 4.42. The van der Waals surface area contributed by atoms with Crippen LogP contribution in [0.2, 0.25) is 0 Å². The van der Waals surface area contributed by atoms with Gasteiger partial charge in [-0.25, -0.2) is 4.98 Å². The number of rotatable bonds is 5. The smallest absolute Gasteiger partial charge is 0.240 e. The summed E-state index contributed by atoms with van der Waals surface area (Å²) in [6.45, 7) is 9.19. The minimum Gasteiger partial charge on any atom is -0.338 e. The number of piperidine rings is 1. The van der Waals surface area contributed by atoms with Crippen molar-refractivity contribution in [2.24, 2.45) is 5.92 Å². The van der Waals surface area contributed by atoms with Crippen LogP contribution in [0.4, 0.5) is 5.88 Å². The maximum atomic E-state index is 12.3. The Morgan fingerprint density at radius 2 is 2.28 bits per heavy atom. The lowest BCUT2D eigenvalue weighted by molar-refractivity contribution is -0.117. The highest BCUT2D eigenvalue weighted by Crippen LogP contribution is 2.23. The summed E-state index contributed by atoms with van der Waals surface area (Å²) in [7, 11) is 0. The molecule has 1 saturated heterocycles. The van der Waals surface area contributed by atoms with Crippen LogP contribution in [0.25, 0.3) is 0 Å². The molecule has 0 aliphatic carbocycles.